The number of rotatable bonds is 4. The minimum Gasteiger partial charge on any atom is -0.336 e. The molecule has 2 N–H and O–H groups in total. The molecular weight excluding hydrogens is 340 g/mol. The fourth-order valence-electron chi connectivity index (χ4n) is 2.07. The van der Waals surface area contributed by atoms with Crippen molar-refractivity contribution >= 4 is 23.1 Å². The second kappa shape index (κ2) is 7.36. The van der Waals surface area contributed by atoms with Gasteiger partial charge >= 0.3 is 0 Å². The standard InChI is InChI=1S/C18H11F2N5O/c19-12-3-6-15(14(20)9-12)23-17-8-7-16(24-25-17)18(26)22-13-4-1-11(10-21)2-5-13/h1-9H,(H,22,26)(H,23,25). The van der Waals surface area contributed by atoms with Crippen molar-refractivity contribution in [2.24, 2.45) is 0 Å². The van der Waals surface area contributed by atoms with Gasteiger partial charge in [0.25, 0.3) is 5.91 Å². The van der Waals surface area contributed by atoms with Gasteiger partial charge in [0.2, 0.25) is 0 Å². The number of benzene rings is 2. The van der Waals surface area contributed by atoms with E-state index in [1.54, 1.807) is 24.3 Å². The van der Waals surface area contributed by atoms with Crippen LogP contribution in [0.4, 0.5) is 26.0 Å². The predicted molar refractivity (Wildman–Crippen MR) is 90.8 cm³/mol. The van der Waals surface area contributed by atoms with Gasteiger partial charge in [-0.25, -0.2) is 8.78 Å². The molecule has 0 aliphatic rings. The first kappa shape index (κ1) is 17.0. The molecular formula is C18H11F2N5O. The Balaban J connectivity index is 1.68. The van der Waals surface area contributed by atoms with E-state index in [1.165, 1.54) is 18.2 Å². The highest BCUT2D eigenvalue weighted by Crippen LogP contribution is 2.19. The van der Waals surface area contributed by atoms with Crippen LogP contribution in [-0.2, 0) is 0 Å². The molecule has 0 spiro atoms. The average Bonchev–Trinajstić information content (AvgIpc) is 2.65. The number of nitrogens with one attached hydrogen (secondary N) is 2. The highest BCUT2D eigenvalue weighted by atomic mass is 19.1. The number of carbonyl (C=O) groups is 1. The van der Waals surface area contributed by atoms with Crippen LogP contribution in [0.3, 0.4) is 0 Å². The maximum Gasteiger partial charge on any atom is 0.276 e. The molecule has 26 heavy (non-hydrogen) atoms. The van der Waals surface area contributed by atoms with Gasteiger partial charge in [0.05, 0.1) is 17.3 Å². The summed E-state index contributed by atoms with van der Waals surface area (Å²) in [4.78, 5) is 12.1. The fourth-order valence-corrected chi connectivity index (χ4v) is 2.07. The summed E-state index contributed by atoms with van der Waals surface area (Å²) >= 11 is 0. The van der Waals surface area contributed by atoms with Gasteiger partial charge in [-0.15, -0.1) is 10.2 Å². The molecule has 0 saturated carbocycles. The Morgan fingerprint density at radius 1 is 1.00 bits per heavy atom. The molecule has 0 bridgehead atoms. The smallest absolute Gasteiger partial charge is 0.276 e. The number of anilines is 3. The quantitative estimate of drug-likeness (QED) is 0.749. The van der Waals surface area contributed by atoms with E-state index < -0.39 is 17.5 Å². The van der Waals surface area contributed by atoms with Gasteiger partial charge in [0.1, 0.15) is 11.6 Å². The Bertz CT molecular complexity index is 982. The number of aromatic nitrogens is 2. The minimum absolute atomic E-state index is 0.0375. The average molecular weight is 351 g/mol. The molecule has 0 aliphatic carbocycles. The van der Waals surface area contributed by atoms with E-state index in [0.29, 0.717) is 11.3 Å². The summed E-state index contributed by atoms with van der Waals surface area (Å²) in [7, 11) is 0. The first-order chi connectivity index (χ1) is 12.5. The molecule has 0 fully saturated rings. The Morgan fingerprint density at radius 3 is 2.38 bits per heavy atom. The first-order valence-electron chi connectivity index (χ1n) is 7.42. The summed E-state index contributed by atoms with van der Waals surface area (Å²) in [6.45, 7) is 0. The van der Waals surface area contributed by atoms with Crippen LogP contribution in [0.5, 0.6) is 0 Å². The molecule has 0 aliphatic heterocycles. The second-order valence-corrected chi connectivity index (χ2v) is 5.20. The normalized spacial score (nSPS) is 10.0. The van der Waals surface area contributed by atoms with Crippen LogP contribution in [0.25, 0.3) is 0 Å². The number of nitrogens with zero attached hydrogens (tertiary/aromatic N) is 3. The van der Waals surface area contributed by atoms with Crippen molar-refractivity contribution in [3.8, 4) is 6.07 Å². The van der Waals surface area contributed by atoms with Crippen molar-refractivity contribution in [1.29, 1.82) is 5.26 Å². The SMILES string of the molecule is N#Cc1ccc(NC(=O)c2ccc(Nc3ccc(F)cc3F)nn2)cc1. The molecule has 0 unspecified atom stereocenters. The molecule has 3 aromatic rings. The molecule has 6 nitrogen and oxygen atoms in total. The maximum atomic E-state index is 13.6. The molecule has 0 radical (unpaired) electrons. The third-order valence-electron chi connectivity index (χ3n) is 3.36. The lowest BCUT2D eigenvalue weighted by molar-refractivity contribution is 0.102. The van der Waals surface area contributed by atoms with E-state index in [1.807, 2.05) is 6.07 Å². The van der Waals surface area contributed by atoms with Crippen LogP contribution in [0, 0.1) is 23.0 Å². The second-order valence-electron chi connectivity index (χ2n) is 5.20. The summed E-state index contributed by atoms with van der Waals surface area (Å²) in [5.74, 6) is -1.74. The number of amides is 1. The van der Waals surface area contributed by atoms with E-state index in [-0.39, 0.29) is 17.2 Å². The van der Waals surface area contributed by atoms with E-state index in [2.05, 4.69) is 20.8 Å². The number of nitriles is 1. The summed E-state index contributed by atoms with van der Waals surface area (Å²) in [5, 5.41) is 21.6. The molecule has 3 rings (SSSR count). The third kappa shape index (κ3) is 3.96. The number of halogens is 2. The zero-order valence-corrected chi connectivity index (χ0v) is 13.2. The van der Waals surface area contributed by atoms with Crippen LogP contribution >= 0.6 is 0 Å². The Morgan fingerprint density at radius 2 is 1.77 bits per heavy atom. The van der Waals surface area contributed by atoms with Gasteiger partial charge in [-0.2, -0.15) is 5.26 Å². The lowest BCUT2D eigenvalue weighted by Crippen LogP contribution is -2.14. The Kier molecular flexibility index (Phi) is 4.80. The van der Waals surface area contributed by atoms with E-state index >= 15 is 0 Å². The van der Waals surface area contributed by atoms with Gasteiger partial charge in [-0.3, -0.25) is 4.79 Å². The molecule has 1 heterocycles. The topological polar surface area (TPSA) is 90.7 Å². The fraction of sp³-hybridized carbons (Fsp3) is 0. The molecule has 128 valence electrons. The molecule has 8 heteroatoms. The van der Waals surface area contributed by atoms with Crippen LogP contribution < -0.4 is 10.6 Å². The summed E-state index contributed by atoms with van der Waals surface area (Å²) < 4.78 is 26.5. The summed E-state index contributed by atoms with van der Waals surface area (Å²) in [6, 6.07) is 14.3. The zero-order chi connectivity index (χ0) is 18.5. The van der Waals surface area contributed by atoms with Crippen molar-refractivity contribution in [3.63, 3.8) is 0 Å². The highest BCUT2D eigenvalue weighted by Gasteiger charge is 2.10. The highest BCUT2D eigenvalue weighted by molar-refractivity contribution is 6.02. The van der Waals surface area contributed by atoms with Crippen LogP contribution in [0.1, 0.15) is 16.1 Å². The largest absolute Gasteiger partial charge is 0.336 e. The van der Waals surface area contributed by atoms with Gasteiger partial charge in [0, 0.05) is 11.8 Å². The van der Waals surface area contributed by atoms with Crippen molar-refractivity contribution in [3.05, 3.63) is 77.5 Å². The van der Waals surface area contributed by atoms with Gasteiger partial charge < -0.3 is 10.6 Å². The monoisotopic (exact) mass is 351 g/mol. The number of carbonyl (C=O) groups excluding carboxylic acids is 1. The van der Waals surface area contributed by atoms with Crippen LogP contribution in [-0.4, -0.2) is 16.1 Å². The molecule has 1 amide bonds. The summed E-state index contributed by atoms with van der Waals surface area (Å²) in [5.41, 5.74) is 1.08. The number of hydrogen-bond acceptors (Lipinski definition) is 5. The molecule has 0 atom stereocenters. The predicted octanol–water partition coefficient (Wildman–Crippen LogP) is 3.62. The van der Waals surface area contributed by atoms with Gasteiger partial charge in [-0.05, 0) is 48.5 Å². The first-order valence-corrected chi connectivity index (χ1v) is 7.42. The third-order valence-corrected chi connectivity index (χ3v) is 3.36. The van der Waals surface area contributed by atoms with Crippen molar-refractivity contribution < 1.29 is 13.6 Å². The maximum absolute atomic E-state index is 13.6. The van der Waals surface area contributed by atoms with E-state index in [4.69, 9.17) is 5.26 Å². The Labute approximate surface area is 147 Å². The van der Waals surface area contributed by atoms with Crippen molar-refractivity contribution in [1.82, 2.24) is 10.2 Å². The van der Waals surface area contributed by atoms with Crippen LogP contribution in [0.2, 0.25) is 0 Å². The van der Waals surface area contributed by atoms with E-state index in [9.17, 15) is 13.6 Å². The molecule has 1 aromatic heterocycles. The van der Waals surface area contributed by atoms with Crippen LogP contribution in [0.15, 0.2) is 54.6 Å². The van der Waals surface area contributed by atoms with E-state index in [0.717, 1.165) is 12.1 Å². The lowest BCUT2D eigenvalue weighted by Gasteiger charge is -2.07. The van der Waals surface area contributed by atoms with Gasteiger partial charge in [0.15, 0.2) is 11.5 Å². The van der Waals surface area contributed by atoms with Crippen molar-refractivity contribution in [2.45, 2.75) is 0 Å². The summed E-state index contributed by atoms with van der Waals surface area (Å²) in [6.07, 6.45) is 0. The zero-order valence-electron chi connectivity index (χ0n) is 13.2. The Hall–Kier alpha value is -3.86. The van der Waals surface area contributed by atoms with Gasteiger partial charge in [-0.1, -0.05) is 0 Å². The molecule has 2 aromatic carbocycles. The number of hydrogen-bond donors (Lipinski definition) is 2. The van der Waals surface area contributed by atoms with Crippen molar-refractivity contribution in [2.75, 3.05) is 10.6 Å². The lowest BCUT2D eigenvalue weighted by atomic mass is 10.2. The minimum atomic E-state index is -0.769. The molecule has 0 saturated heterocycles.